The first kappa shape index (κ1) is 14.7. The number of carbonyl (C=O) groups excluding carboxylic acids is 1. The van der Waals surface area contributed by atoms with E-state index < -0.39 is 40.9 Å². The lowest BCUT2D eigenvalue weighted by molar-refractivity contribution is -0.386. The molecule has 0 aliphatic rings. The van der Waals surface area contributed by atoms with Crippen LogP contribution in [0.4, 0.5) is 14.5 Å². The van der Waals surface area contributed by atoms with Crippen molar-refractivity contribution in [2.24, 2.45) is 0 Å². The van der Waals surface area contributed by atoms with Crippen molar-refractivity contribution in [2.45, 2.75) is 12.8 Å². The zero-order chi connectivity index (χ0) is 14.6. The molecule has 0 spiro atoms. The van der Waals surface area contributed by atoms with Crippen LogP contribution in [0.3, 0.4) is 0 Å². The van der Waals surface area contributed by atoms with Crippen molar-refractivity contribution in [1.82, 2.24) is 4.98 Å². The fourth-order valence-corrected chi connectivity index (χ4v) is 1.36. The number of esters is 1. The van der Waals surface area contributed by atoms with E-state index in [1.54, 1.807) is 0 Å². The van der Waals surface area contributed by atoms with E-state index in [9.17, 15) is 23.7 Å². The molecule has 0 unspecified atom stereocenters. The van der Waals surface area contributed by atoms with Crippen LogP contribution in [0.5, 0.6) is 5.88 Å². The summed E-state index contributed by atoms with van der Waals surface area (Å²) in [7, 11) is 2.20. The normalized spacial score (nSPS) is 10.4. The molecule has 7 nitrogen and oxygen atoms in total. The Balaban J connectivity index is 3.36. The highest BCUT2D eigenvalue weighted by atomic mass is 19.3. The minimum atomic E-state index is -3.00. The monoisotopic (exact) mass is 276 g/mol. The van der Waals surface area contributed by atoms with Crippen molar-refractivity contribution < 1.29 is 28.0 Å². The number of pyridine rings is 1. The van der Waals surface area contributed by atoms with Crippen molar-refractivity contribution >= 4 is 11.7 Å². The van der Waals surface area contributed by atoms with Gasteiger partial charge in [0.1, 0.15) is 0 Å². The van der Waals surface area contributed by atoms with Gasteiger partial charge >= 0.3 is 11.7 Å². The third kappa shape index (κ3) is 3.33. The van der Waals surface area contributed by atoms with E-state index in [4.69, 9.17) is 0 Å². The number of halogens is 2. The highest BCUT2D eigenvalue weighted by Gasteiger charge is 2.26. The minimum absolute atomic E-state index is 0.315. The van der Waals surface area contributed by atoms with Gasteiger partial charge in [-0.1, -0.05) is 0 Å². The maximum Gasteiger partial charge on any atom is 0.331 e. The van der Waals surface area contributed by atoms with Gasteiger partial charge in [-0.25, -0.2) is 13.8 Å². The predicted molar refractivity (Wildman–Crippen MR) is 58.1 cm³/mol. The molecule has 1 aromatic heterocycles. The van der Waals surface area contributed by atoms with E-state index in [0.717, 1.165) is 14.2 Å². The maximum atomic E-state index is 12.8. The molecule has 0 atom stereocenters. The summed E-state index contributed by atoms with van der Waals surface area (Å²) >= 11 is 0. The second kappa shape index (κ2) is 6.03. The number of nitrogens with zero attached hydrogens (tertiary/aromatic N) is 2. The molecule has 1 aromatic rings. The lowest BCUT2D eigenvalue weighted by Gasteiger charge is -2.09. The summed E-state index contributed by atoms with van der Waals surface area (Å²) in [5, 5.41) is 10.7. The Kier molecular flexibility index (Phi) is 4.67. The Morgan fingerprint density at radius 3 is 2.58 bits per heavy atom. The first-order valence-corrected chi connectivity index (χ1v) is 4.97. The Labute approximate surface area is 106 Å². The topological polar surface area (TPSA) is 91.6 Å². The van der Waals surface area contributed by atoms with Crippen molar-refractivity contribution in [3.8, 4) is 5.88 Å². The molecule has 0 bridgehead atoms. The minimum Gasteiger partial charge on any atom is -0.476 e. The SMILES string of the molecule is COC(=O)Cc1nc(OC)c([N+](=O)[O-])cc1C(F)F. The van der Waals surface area contributed by atoms with Gasteiger partial charge in [0.15, 0.2) is 0 Å². The van der Waals surface area contributed by atoms with Gasteiger partial charge in [-0.3, -0.25) is 14.9 Å². The summed E-state index contributed by atoms with van der Waals surface area (Å²) in [5.41, 5.74) is -1.70. The fraction of sp³-hybridized carbons (Fsp3) is 0.400. The molecule has 1 heterocycles. The quantitative estimate of drug-likeness (QED) is 0.461. The van der Waals surface area contributed by atoms with Crippen molar-refractivity contribution in [3.63, 3.8) is 0 Å². The molecule has 0 saturated carbocycles. The number of methoxy groups -OCH3 is 2. The number of alkyl halides is 2. The molecular formula is C10H10F2N2O5. The average molecular weight is 276 g/mol. The van der Waals surface area contributed by atoms with Crippen LogP contribution in [0.25, 0.3) is 0 Å². The van der Waals surface area contributed by atoms with Crippen LogP contribution in [-0.2, 0) is 16.0 Å². The van der Waals surface area contributed by atoms with Gasteiger partial charge in [0.2, 0.25) is 0 Å². The molecular weight excluding hydrogens is 266 g/mol. The number of hydrogen-bond acceptors (Lipinski definition) is 6. The zero-order valence-electron chi connectivity index (χ0n) is 10.1. The zero-order valence-corrected chi connectivity index (χ0v) is 10.1. The molecule has 9 heteroatoms. The van der Waals surface area contributed by atoms with Gasteiger partial charge in [-0.05, 0) is 0 Å². The second-order valence-electron chi connectivity index (χ2n) is 3.36. The third-order valence-corrected chi connectivity index (χ3v) is 2.25. The first-order chi connectivity index (χ1) is 8.90. The molecule has 104 valence electrons. The number of carbonyl (C=O) groups is 1. The van der Waals surface area contributed by atoms with E-state index in [-0.39, 0.29) is 5.69 Å². The number of hydrogen-bond donors (Lipinski definition) is 0. The molecule has 0 amide bonds. The number of ether oxygens (including phenoxy) is 2. The van der Waals surface area contributed by atoms with Gasteiger partial charge in [0, 0.05) is 11.6 Å². The molecule has 0 aliphatic carbocycles. The van der Waals surface area contributed by atoms with Crippen molar-refractivity contribution in [3.05, 3.63) is 27.4 Å². The summed E-state index contributed by atoms with van der Waals surface area (Å²) in [4.78, 5) is 24.5. The van der Waals surface area contributed by atoms with Crippen LogP contribution in [0, 0.1) is 10.1 Å². The second-order valence-corrected chi connectivity index (χ2v) is 3.36. The van der Waals surface area contributed by atoms with Gasteiger partial charge in [-0.15, -0.1) is 0 Å². The summed E-state index contributed by atoms with van der Waals surface area (Å²) in [6.07, 6.45) is -3.53. The van der Waals surface area contributed by atoms with Gasteiger partial charge < -0.3 is 9.47 Å². The molecule has 1 rings (SSSR count). The average Bonchev–Trinajstić information content (AvgIpc) is 2.37. The number of aromatic nitrogens is 1. The first-order valence-electron chi connectivity index (χ1n) is 4.97. The van der Waals surface area contributed by atoms with Gasteiger partial charge in [0.05, 0.1) is 31.3 Å². The van der Waals surface area contributed by atoms with E-state index in [1.807, 2.05) is 0 Å². The molecule has 0 saturated heterocycles. The fourth-order valence-electron chi connectivity index (χ4n) is 1.36. The van der Waals surface area contributed by atoms with Gasteiger partial charge in [0.25, 0.3) is 12.3 Å². The lowest BCUT2D eigenvalue weighted by atomic mass is 10.1. The maximum absolute atomic E-state index is 12.8. The Bertz CT molecular complexity index is 507. The lowest BCUT2D eigenvalue weighted by Crippen LogP contribution is -2.11. The molecule has 0 radical (unpaired) electrons. The van der Waals surface area contributed by atoms with Crippen LogP contribution < -0.4 is 4.74 Å². The molecule has 0 aliphatic heterocycles. The third-order valence-electron chi connectivity index (χ3n) is 2.25. The summed E-state index contributed by atoms with van der Waals surface area (Å²) in [5.74, 6) is -1.22. The van der Waals surface area contributed by atoms with Crippen LogP contribution >= 0.6 is 0 Å². The molecule has 0 fully saturated rings. The Morgan fingerprint density at radius 2 is 2.16 bits per heavy atom. The molecule has 19 heavy (non-hydrogen) atoms. The molecule has 0 N–H and O–H groups in total. The Hall–Kier alpha value is -2.32. The van der Waals surface area contributed by atoms with Crippen molar-refractivity contribution in [1.29, 1.82) is 0 Å². The number of nitro groups is 1. The smallest absolute Gasteiger partial charge is 0.331 e. The van der Waals surface area contributed by atoms with Crippen LogP contribution in [-0.4, -0.2) is 30.1 Å². The summed E-state index contributed by atoms with van der Waals surface area (Å²) in [6.45, 7) is 0. The van der Waals surface area contributed by atoms with Crippen LogP contribution in [0.15, 0.2) is 6.07 Å². The predicted octanol–water partition coefficient (Wildman–Crippen LogP) is 1.65. The highest BCUT2D eigenvalue weighted by molar-refractivity contribution is 5.72. The number of rotatable bonds is 5. The highest BCUT2D eigenvalue weighted by Crippen LogP contribution is 2.32. The van der Waals surface area contributed by atoms with E-state index >= 15 is 0 Å². The van der Waals surface area contributed by atoms with E-state index in [2.05, 4.69) is 14.5 Å². The van der Waals surface area contributed by atoms with E-state index in [1.165, 1.54) is 0 Å². The summed E-state index contributed by atoms with van der Waals surface area (Å²) in [6, 6.07) is 0.648. The van der Waals surface area contributed by atoms with Gasteiger partial charge in [-0.2, -0.15) is 0 Å². The van der Waals surface area contributed by atoms with Crippen LogP contribution in [0.2, 0.25) is 0 Å². The largest absolute Gasteiger partial charge is 0.476 e. The Morgan fingerprint density at radius 1 is 1.53 bits per heavy atom. The summed E-state index contributed by atoms with van der Waals surface area (Å²) < 4.78 is 34.6. The van der Waals surface area contributed by atoms with E-state index in [0.29, 0.717) is 6.07 Å². The van der Waals surface area contributed by atoms with Crippen molar-refractivity contribution in [2.75, 3.05) is 14.2 Å². The standard InChI is InChI=1S/C10H10F2N2O5/c1-18-8(15)4-6-5(9(11)12)3-7(14(16)17)10(13-6)19-2/h3,9H,4H2,1-2H3. The molecule has 0 aromatic carbocycles. The van der Waals surface area contributed by atoms with Crippen LogP contribution in [0.1, 0.15) is 17.7 Å².